The Morgan fingerprint density at radius 3 is 2.17 bits per heavy atom. The van der Waals surface area contributed by atoms with Gasteiger partial charge in [-0.3, -0.25) is 0 Å². The molecule has 0 fully saturated rings. The highest BCUT2D eigenvalue weighted by Gasteiger charge is 2.03. The van der Waals surface area contributed by atoms with Gasteiger partial charge >= 0.3 is 0 Å². The quantitative estimate of drug-likeness (QED) is 0.850. The predicted molar refractivity (Wildman–Crippen MR) is 83.5 cm³/mol. The van der Waals surface area contributed by atoms with Crippen molar-refractivity contribution in [1.29, 1.82) is 0 Å². The molecule has 2 aromatic carbocycles. The van der Waals surface area contributed by atoms with Crippen LogP contribution in [0.3, 0.4) is 0 Å². The van der Waals surface area contributed by atoms with Crippen molar-refractivity contribution in [3.8, 4) is 11.1 Å². The molecule has 2 rings (SSSR count). The molecule has 4 heteroatoms. The van der Waals surface area contributed by atoms with Crippen molar-refractivity contribution in [1.82, 2.24) is 0 Å². The van der Waals surface area contributed by atoms with Gasteiger partial charge in [0.1, 0.15) is 0 Å². The number of anilines is 1. The fraction of sp³-hybridized carbons (Fsp3) is 0.143. The highest BCUT2D eigenvalue weighted by molar-refractivity contribution is 5.85. The average Bonchev–Trinajstić information content (AvgIpc) is 2.33. The van der Waals surface area contributed by atoms with E-state index in [4.69, 9.17) is 11.5 Å². The standard InChI is InChI=1S/C14H16N2.2ClH/c15-9-8-11-6-7-14(16)13(10-11)12-4-2-1-3-5-12;;/h1-7,10H,8-9,15-16H2;2*1H. The van der Waals surface area contributed by atoms with Gasteiger partial charge in [-0.25, -0.2) is 0 Å². The van der Waals surface area contributed by atoms with Gasteiger partial charge < -0.3 is 11.5 Å². The van der Waals surface area contributed by atoms with Gasteiger partial charge in [-0.15, -0.1) is 24.8 Å². The Balaban J connectivity index is 0.00000144. The Morgan fingerprint density at radius 1 is 0.889 bits per heavy atom. The second kappa shape index (κ2) is 7.98. The van der Waals surface area contributed by atoms with Crippen molar-refractivity contribution in [2.24, 2.45) is 5.73 Å². The first-order valence-corrected chi connectivity index (χ1v) is 5.45. The largest absolute Gasteiger partial charge is 0.398 e. The first-order chi connectivity index (χ1) is 7.81. The monoisotopic (exact) mass is 284 g/mol. The molecule has 0 aliphatic rings. The molecule has 0 saturated carbocycles. The molecule has 0 aromatic heterocycles. The fourth-order valence-corrected chi connectivity index (χ4v) is 1.79. The molecule has 0 bridgehead atoms. The summed E-state index contributed by atoms with van der Waals surface area (Å²) < 4.78 is 0. The summed E-state index contributed by atoms with van der Waals surface area (Å²) in [6.07, 6.45) is 0.889. The minimum Gasteiger partial charge on any atom is -0.398 e. The maximum atomic E-state index is 5.99. The minimum atomic E-state index is 0. The van der Waals surface area contributed by atoms with Crippen LogP contribution in [0.25, 0.3) is 11.1 Å². The number of nitrogen functional groups attached to an aromatic ring is 1. The Labute approximate surface area is 120 Å². The molecule has 4 N–H and O–H groups in total. The van der Waals surface area contributed by atoms with E-state index in [9.17, 15) is 0 Å². The zero-order chi connectivity index (χ0) is 11.4. The number of hydrogen-bond acceptors (Lipinski definition) is 2. The van der Waals surface area contributed by atoms with E-state index in [-0.39, 0.29) is 24.8 Å². The summed E-state index contributed by atoms with van der Waals surface area (Å²) in [7, 11) is 0. The van der Waals surface area contributed by atoms with Crippen LogP contribution in [-0.4, -0.2) is 6.54 Å². The van der Waals surface area contributed by atoms with E-state index < -0.39 is 0 Å². The van der Waals surface area contributed by atoms with E-state index in [1.54, 1.807) is 0 Å². The zero-order valence-corrected chi connectivity index (χ0v) is 11.6. The fourth-order valence-electron chi connectivity index (χ4n) is 1.79. The SMILES string of the molecule is Cl.Cl.NCCc1ccc(N)c(-c2ccccc2)c1. The van der Waals surface area contributed by atoms with Crippen LogP contribution in [0.15, 0.2) is 48.5 Å². The molecular weight excluding hydrogens is 267 g/mol. The van der Waals surface area contributed by atoms with E-state index in [1.807, 2.05) is 30.3 Å². The molecule has 2 nitrogen and oxygen atoms in total. The van der Waals surface area contributed by atoms with Gasteiger partial charge in [0, 0.05) is 11.3 Å². The lowest BCUT2D eigenvalue weighted by molar-refractivity contribution is 0.969. The Hall–Kier alpha value is -1.22. The zero-order valence-electron chi connectivity index (χ0n) is 10.0. The lowest BCUT2D eigenvalue weighted by Gasteiger charge is -2.08. The average molecular weight is 285 g/mol. The minimum absolute atomic E-state index is 0. The van der Waals surface area contributed by atoms with Crippen molar-refractivity contribution in [3.63, 3.8) is 0 Å². The molecule has 0 unspecified atom stereocenters. The van der Waals surface area contributed by atoms with Crippen LogP contribution in [0.2, 0.25) is 0 Å². The molecular formula is C14H18Cl2N2. The molecule has 0 radical (unpaired) electrons. The molecule has 0 spiro atoms. The predicted octanol–water partition coefficient (Wildman–Crippen LogP) is 3.28. The molecule has 2 aromatic rings. The lowest BCUT2D eigenvalue weighted by Crippen LogP contribution is -2.03. The summed E-state index contributed by atoms with van der Waals surface area (Å²) in [6.45, 7) is 0.665. The van der Waals surface area contributed by atoms with Crippen LogP contribution in [0, 0.1) is 0 Å². The number of halogens is 2. The van der Waals surface area contributed by atoms with Gasteiger partial charge in [-0.05, 0) is 36.2 Å². The van der Waals surface area contributed by atoms with Gasteiger partial charge in [-0.1, -0.05) is 36.4 Å². The van der Waals surface area contributed by atoms with Gasteiger partial charge in [0.2, 0.25) is 0 Å². The second-order valence-electron chi connectivity index (χ2n) is 3.83. The number of rotatable bonds is 3. The summed E-state index contributed by atoms with van der Waals surface area (Å²) in [5.41, 5.74) is 15.8. The molecule has 0 aliphatic carbocycles. The third kappa shape index (κ3) is 3.91. The first-order valence-electron chi connectivity index (χ1n) is 5.45. The smallest absolute Gasteiger partial charge is 0.0393 e. The summed E-state index contributed by atoms with van der Waals surface area (Å²) in [4.78, 5) is 0. The van der Waals surface area contributed by atoms with Gasteiger partial charge in [0.05, 0.1) is 0 Å². The second-order valence-corrected chi connectivity index (χ2v) is 3.83. The van der Waals surface area contributed by atoms with Crippen LogP contribution < -0.4 is 11.5 Å². The van der Waals surface area contributed by atoms with Crippen molar-refractivity contribution in [2.45, 2.75) is 6.42 Å². The highest BCUT2D eigenvalue weighted by Crippen LogP contribution is 2.26. The summed E-state index contributed by atoms with van der Waals surface area (Å²) in [5, 5.41) is 0. The number of hydrogen-bond donors (Lipinski definition) is 2. The summed E-state index contributed by atoms with van der Waals surface area (Å²) >= 11 is 0. The van der Waals surface area contributed by atoms with E-state index in [0.717, 1.165) is 23.2 Å². The lowest BCUT2D eigenvalue weighted by atomic mass is 10.00. The topological polar surface area (TPSA) is 52.0 Å². The van der Waals surface area contributed by atoms with Gasteiger partial charge in [0.25, 0.3) is 0 Å². The number of benzene rings is 2. The Bertz CT molecular complexity index is 472. The van der Waals surface area contributed by atoms with E-state index in [2.05, 4.69) is 18.2 Å². The van der Waals surface area contributed by atoms with Gasteiger partial charge in [0.15, 0.2) is 0 Å². The third-order valence-electron chi connectivity index (χ3n) is 2.64. The Kier molecular flexibility index (Phi) is 7.44. The molecule has 0 atom stereocenters. The van der Waals surface area contributed by atoms with Crippen molar-refractivity contribution in [2.75, 3.05) is 12.3 Å². The van der Waals surface area contributed by atoms with Crippen LogP contribution in [0.1, 0.15) is 5.56 Å². The van der Waals surface area contributed by atoms with Crippen LogP contribution in [0.5, 0.6) is 0 Å². The Morgan fingerprint density at radius 2 is 1.56 bits per heavy atom. The van der Waals surface area contributed by atoms with Crippen molar-refractivity contribution >= 4 is 30.5 Å². The number of nitrogens with two attached hydrogens (primary N) is 2. The molecule has 0 aliphatic heterocycles. The normalized spacial score (nSPS) is 9.17. The van der Waals surface area contributed by atoms with E-state index in [0.29, 0.717) is 6.54 Å². The summed E-state index contributed by atoms with van der Waals surface area (Å²) in [6, 6.07) is 16.3. The molecule has 0 amide bonds. The third-order valence-corrected chi connectivity index (χ3v) is 2.64. The van der Waals surface area contributed by atoms with Gasteiger partial charge in [-0.2, -0.15) is 0 Å². The summed E-state index contributed by atoms with van der Waals surface area (Å²) in [5.74, 6) is 0. The van der Waals surface area contributed by atoms with E-state index in [1.165, 1.54) is 5.56 Å². The van der Waals surface area contributed by atoms with Crippen molar-refractivity contribution in [3.05, 3.63) is 54.1 Å². The highest BCUT2D eigenvalue weighted by atomic mass is 35.5. The van der Waals surface area contributed by atoms with E-state index >= 15 is 0 Å². The van der Waals surface area contributed by atoms with Crippen LogP contribution >= 0.6 is 24.8 Å². The molecule has 98 valence electrons. The first kappa shape index (κ1) is 16.8. The molecule has 0 saturated heterocycles. The molecule has 0 heterocycles. The maximum Gasteiger partial charge on any atom is 0.0393 e. The van der Waals surface area contributed by atoms with Crippen LogP contribution in [0.4, 0.5) is 5.69 Å². The maximum absolute atomic E-state index is 5.99. The van der Waals surface area contributed by atoms with Crippen molar-refractivity contribution < 1.29 is 0 Å². The van der Waals surface area contributed by atoms with Crippen LogP contribution in [-0.2, 0) is 6.42 Å². The molecule has 18 heavy (non-hydrogen) atoms.